The number of hydrogen-bond donors (Lipinski definition) is 2. The summed E-state index contributed by atoms with van der Waals surface area (Å²) in [5, 5.41) is 5.33. The number of halogens is 3. The van der Waals surface area contributed by atoms with Crippen LogP contribution in [0.2, 0.25) is 0 Å². The molecule has 2 N–H and O–H groups in total. The Kier molecular flexibility index (Phi) is 7.64. The minimum Gasteiger partial charge on any atom is -0.361 e. The number of carbonyl (C=O) groups is 1. The molecular weight excluding hydrogens is 433 g/mol. The molecule has 7 nitrogen and oxygen atoms in total. The van der Waals surface area contributed by atoms with Gasteiger partial charge in [0.1, 0.15) is 18.1 Å². The van der Waals surface area contributed by atoms with Crippen molar-refractivity contribution in [1.82, 2.24) is 25.1 Å². The molecule has 2 aromatic rings. The molecule has 2 fully saturated rings. The van der Waals surface area contributed by atoms with Gasteiger partial charge in [-0.25, -0.2) is 9.97 Å². The standard InChI is InChI=1S/C23H31F3N6O/c24-23(25,26)16-27-21-7-6-18-19(30-21)4-5-20(29-18)22(33)28-17-8-12-32(13-9-17)15-14-31-10-2-1-3-11-31/h4-7,17H,1-3,8-16H2,(H,27,30)(H,28,33). The molecule has 4 rings (SSSR count). The molecule has 2 saturated heterocycles. The largest absolute Gasteiger partial charge is 0.405 e. The van der Waals surface area contributed by atoms with Gasteiger partial charge < -0.3 is 20.4 Å². The van der Waals surface area contributed by atoms with Crippen molar-refractivity contribution in [3.8, 4) is 0 Å². The molecule has 0 radical (unpaired) electrons. The van der Waals surface area contributed by atoms with Gasteiger partial charge in [0.15, 0.2) is 0 Å². The molecule has 2 aromatic heterocycles. The Hall–Kier alpha value is -2.46. The topological polar surface area (TPSA) is 73.4 Å². The van der Waals surface area contributed by atoms with E-state index in [4.69, 9.17) is 0 Å². The Morgan fingerprint density at radius 3 is 2.24 bits per heavy atom. The Morgan fingerprint density at radius 2 is 1.55 bits per heavy atom. The highest BCUT2D eigenvalue weighted by Gasteiger charge is 2.27. The lowest BCUT2D eigenvalue weighted by atomic mass is 10.0. The number of nitrogens with one attached hydrogen (secondary N) is 2. The van der Waals surface area contributed by atoms with Gasteiger partial charge in [-0.05, 0) is 63.0 Å². The van der Waals surface area contributed by atoms with Crippen molar-refractivity contribution in [1.29, 1.82) is 0 Å². The quantitative estimate of drug-likeness (QED) is 0.655. The van der Waals surface area contributed by atoms with Gasteiger partial charge in [0.05, 0.1) is 11.0 Å². The number of hydrogen-bond acceptors (Lipinski definition) is 6. The summed E-state index contributed by atoms with van der Waals surface area (Å²) in [6.07, 6.45) is 1.47. The van der Waals surface area contributed by atoms with Crippen LogP contribution in [0.25, 0.3) is 11.0 Å². The van der Waals surface area contributed by atoms with Crippen LogP contribution in [0.5, 0.6) is 0 Å². The van der Waals surface area contributed by atoms with Crippen LogP contribution >= 0.6 is 0 Å². The van der Waals surface area contributed by atoms with E-state index in [2.05, 4.69) is 30.4 Å². The highest BCUT2D eigenvalue weighted by atomic mass is 19.4. The lowest BCUT2D eigenvalue weighted by Gasteiger charge is -2.34. The number of fused-ring (bicyclic) bond motifs is 1. The summed E-state index contributed by atoms with van der Waals surface area (Å²) in [6.45, 7) is 5.43. The molecule has 0 saturated carbocycles. The van der Waals surface area contributed by atoms with Gasteiger partial charge in [-0.1, -0.05) is 6.42 Å². The first kappa shape index (κ1) is 23.7. The highest BCUT2D eigenvalue weighted by Crippen LogP contribution is 2.18. The maximum absolute atomic E-state index is 12.7. The summed E-state index contributed by atoms with van der Waals surface area (Å²) in [4.78, 5) is 26.2. The van der Waals surface area contributed by atoms with Crippen LogP contribution < -0.4 is 10.6 Å². The number of nitrogens with zero attached hydrogens (tertiary/aromatic N) is 4. The van der Waals surface area contributed by atoms with Gasteiger partial charge in [0.25, 0.3) is 5.91 Å². The van der Waals surface area contributed by atoms with Crippen LogP contribution in [0.15, 0.2) is 24.3 Å². The number of aromatic nitrogens is 2. The van der Waals surface area contributed by atoms with E-state index < -0.39 is 12.7 Å². The Balaban J connectivity index is 1.25. The Labute approximate surface area is 191 Å². The molecular formula is C23H31F3N6O. The van der Waals surface area contributed by atoms with E-state index in [0.29, 0.717) is 11.0 Å². The zero-order chi connectivity index (χ0) is 23.3. The third-order valence-electron chi connectivity index (χ3n) is 6.35. The zero-order valence-electron chi connectivity index (χ0n) is 18.7. The molecule has 4 heterocycles. The van der Waals surface area contributed by atoms with Crippen molar-refractivity contribution < 1.29 is 18.0 Å². The van der Waals surface area contributed by atoms with Crippen LogP contribution in [0.4, 0.5) is 19.0 Å². The SMILES string of the molecule is O=C(NC1CCN(CCN2CCCCC2)CC1)c1ccc2nc(NCC(F)(F)F)ccc2n1. The van der Waals surface area contributed by atoms with Gasteiger partial charge in [0.2, 0.25) is 0 Å². The monoisotopic (exact) mass is 464 g/mol. The van der Waals surface area contributed by atoms with Crippen molar-refractivity contribution in [2.24, 2.45) is 0 Å². The first-order chi connectivity index (χ1) is 15.9. The van der Waals surface area contributed by atoms with E-state index >= 15 is 0 Å². The molecule has 33 heavy (non-hydrogen) atoms. The first-order valence-electron chi connectivity index (χ1n) is 11.7. The van der Waals surface area contributed by atoms with Gasteiger partial charge in [0, 0.05) is 32.2 Å². The van der Waals surface area contributed by atoms with Crippen LogP contribution in [-0.4, -0.2) is 83.7 Å². The first-order valence-corrected chi connectivity index (χ1v) is 11.7. The molecule has 180 valence electrons. The molecule has 10 heteroatoms. The second-order valence-corrected chi connectivity index (χ2v) is 8.89. The third-order valence-corrected chi connectivity index (χ3v) is 6.35. The maximum Gasteiger partial charge on any atom is 0.405 e. The molecule has 0 spiro atoms. The summed E-state index contributed by atoms with van der Waals surface area (Å²) in [5.74, 6) is -0.117. The number of amides is 1. The van der Waals surface area contributed by atoms with Crippen molar-refractivity contribution >= 4 is 22.8 Å². The number of rotatable bonds is 7. The lowest BCUT2D eigenvalue weighted by Crippen LogP contribution is -2.47. The van der Waals surface area contributed by atoms with Crippen LogP contribution in [0.3, 0.4) is 0 Å². The smallest absolute Gasteiger partial charge is 0.361 e. The number of carbonyl (C=O) groups excluding carboxylic acids is 1. The van der Waals surface area contributed by atoms with Crippen LogP contribution in [0, 0.1) is 0 Å². The molecule has 0 bridgehead atoms. The molecule has 0 aliphatic carbocycles. The van der Waals surface area contributed by atoms with E-state index in [0.717, 1.165) is 39.0 Å². The van der Waals surface area contributed by atoms with E-state index in [1.165, 1.54) is 38.4 Å². The van der Waals surface area contributed by atoms with Gasteiger partial charge >= 0.3 is 6.18 Å². The average molecular weight is 465 g/mol. The van der Waals surface area contributed by atoms with E-state index in [-0.39, 0.29) is 23.5 Å². The summed E-state index contributed by atoms with van der Waals surface area (Å²) < 4.78 is 37.1. The molecule has 0 aromatic carbocycles. The van der Waals surface area contributed by atoms with Crippen molar-refractivity contribution in [3.05, 3.63) is 30.0 Å². The van der Waals surface area contributed by atoms with E-state index in [1.807, 2.05) is 0 Å². The molecule has 2 aliphatic rings. The fourth-order valence-corrected chi connectivity index (χ4v) is 4.45. The number of piperidine rings is 2. The Morgan fingerprint density at radius 1 is 0.909 bits per heavy atom. The second-order valence-electron chi connectivity index (χ2n) is 8.89. The number of likely N-dealkylation sites (tertiary alicyclic amines) is 2. The molecule has 0 atom stereocenters. The minimum atomic E-state index is -4.32. The predicted molar refractivity (Wildman–Crippen MR) is 121 cm³/mol. The predicted octanol–water partition coefficient (Wildman–Crippen LogP) is 3.28. The van der Waals surface area contributed by atoms with Gasteiger partial charge in [-0.3, -0.25) is 4.79 Å². The summed E-state index contributed by atoms with van der Waals surface area (Å²) in [6, 6.07) is 6.29. The molecule has 2 aliphatic heterocycles. The summed E-state index contributed by atoms with van der Waals surface area (Å²) in [5.41, 5.74) is 1.18. The summed E-state index contributed by atoms with van der Waals surface area (Å²) >= 11 is 0. The minimum absolute atomic E-state index is 0.117. The van der Waals surface area contributed by atoms with E-state index in [9.17, 15) is 18.0 Å². The Bertz CT molecular complexity index is 939. The maximum atomic E-state index is 12.7. The van der Waals surface area contributed by atoms with E-state index in [1.54, 1.807) is 18.2 Å². The van der Waals surface area contributed by atoms with Crippen molar-refractivity contribution in [2.45, 2.75) is 44.3 Å². The van der Waals surface area contributed by atoms with Gasteiger partial charge in [-0.15, -0.1) is 0 Å². The second kappa shape index (κ2) is 10.6. The third kappa shape index (κ3) is 7.01. The summed E-state index contributed by atoms with van der Waals surface area (Å²) in [7, 11) is 0. The lowest BCUT2D eigenvalue weighted by molar-refractivity contribution is -0.115. The van der Waals surface area contributed by atoms with Crippen LogP contribution in [-0.2, 0) is 0 Å². The van der Waals surface area contributed by atoms with Crippen molar-refractivity contribution in [3.63, 3.8) is 0 Å². The molecule has 1 amide bonds. The highest BCUT2D eigenvalue weighted by molar-refractivity contribution is 5.94. The van der Waals surface area contributed by atoms with Gasteiger partial charge in [-0.2, -0.15) is 13.2 Å². The number of anilines is 1. The average Bonchev–Trinajstić information content (AvgIpc) is 2.82. The normalized spacial score (nSPS) is 19.0. The number of pyridine rings is 2. The fourth-order valence-electron chi connectivity index (χ4n) is 4.45. The molecule has 0 unspecified atom stereocenters. The van der Waals surface area contributed by atoms with Crippen LogP contribution in [0.1, 0.15) is 42.6 Å². The zero-order valence-corrected chi connectivity index (χ0v) is 18.7. The van der Waals surface area contributed by atoms with Crippen molar-refractivity contribution in [2.75, 3.05) is 51.1 Å². The number of alkyl halides is 3. The fraction of sp³-hybridized carbons (Fsp3) is 0.609.